The molecule has 0 N–H and O–H groups in total. The Balaban J connectivity index is 1.45. The van der Waals surface area contributed by atoms with Crippen LogP contribution in [-0.2, 0) is 9.47 Å². The van der Waals surface area contributed by atoms with Gasteiger partial charge >= 0.3 is 0 Å². The van der Waals surface area contributed by atoms with E-state index >= 15 is 0 Å². The van der Waals surface area contributed by atoms with E-state index in [4.69, 9.17) is 18.9 Å². The van der Waals surface area contributed by atoms with E-state index in [9.17, 15) is 0 Å². The van der Waals surface area contributed by atoms with Crippen molar-refractivity contribution in [3.8, 4) is 22.6 Å². The third-order valence-electron chi connectivity index (χ3n) is 9.06. The summed E-state index contributed by atoms with van der Waals surface area (Å²) in [7, 11) is 0. The summed E-state index contributed by atoms with van der Waals surface area (Å²) >= 11 is 7.60. The molecule has 6 aromatic rings. The van der Waals surface area contributed by atoms with Gasteiger partial charge in [0.15, 0.2) is 0 Å². The highest BCUT2D eigenvalue weighted by atomic mass is 79.9. The van der Waals surface area contributed by atoms with E-state index in [0.717, 1.165) is 90.0 Å². The molecule has 222 valence electrons. The van der Waals surface area contributed by atoms with Crippen LogP contribution < -0.4 is 9.47 Å². The molecule has 2 aliphatic heterocycles. The summed E-state index contributed by atoms with van der Waals surface area (Å²) in [6.45, 7) is 8.56. The van der Waals surface area contributed by atoms with E-state index in [1.807, 2.05) is 0 Å². The van der Waals surface area contributed by atoms with Crippen LogP contribution in [-0.4, -0.2) is 39.6 Å². The third kappa shape index (κ3) is 4.69. The molecular weight excluding hydrogens is 680 g/mol. The van der Waals surface area contributed by atoms with Gasteiger partial charge in [-0.1, -0.05) is 94.2 Å². The maximum atomic E-state index is 6.73. The van der Waals surface area contributed by atoms with Crippen LogP contribution in [0.4, 0.5) is 0 Å². The highest BCUT2D eigenvalue weighted by Crippen LogP contribution is 2.51. The van der Waals surface area contributed by atoms with E-state index in [1.165, 1.54) is 11.1 Å². The summed E-state index contributed by atoms with van der Waals surface area (Å²) in [5.41, 5.74) is 2.43. The second kappa shape index (κ2) is 10.7. The lowest BCUT2D eigenvalue weighted by Crippen LogP contribution is -2.44. The monoisotopic (exact) mass is 710 g/mol. The Morgan fingerprint density at radius 3 is 1.25 bits per heavy atom. The van der Waals surface area contributed by atoms with Crippen LogP contribution in [0.15, 0.2) is 93.9 Å². The Labute approximate surface area is 273 Å². The third-order valence-corrected chi connectivity index (χ3v) is 10.0. The largest absolute Gasteiger partial charge is 0.492 e. The van der Waals surface area contributed by atoms with Gasteiger partial charge < -0.3 is 18.9 Å². The number of ether oxygens (including phenoxy) is 4. The average molecular weight is 712 g/mol. The van der Waals surface area contributed by atoms with Crippen molar-refractivity contribution in [2.45, 2.75) is 13.8 Å². The first-order chi connectivity index (χ1) is 21.3. The summed E-state index contributed by atoms with van der Waals surface area (Å²) in [6.07, 6.45) is 0. The van der Waals surface area contributed by atoms with Gasteiger partial charge in [-0.3, -0.25) is 0 Å². The molecule has 6 aromatic carbocycles. The van der Waals surface area contributed by atoms with Crippen LogP contribution in [0.3, 0.4) is 0 Å². The molecule has 4 nitrogen and oxygen atoms in total. The lowest BCUT2D eigenvalue weighted by atomic mass is 9.85. The lowest BCUT2D eigenvalue weighted by molar-refractivity contribution is -0.120. The second-order valence-corrected chi connectivity index (χ2v) is 14.9. The van der Waals surface area contributed by atoms with Crippen molar-refractivity contribution >= 4 is 74.9 Å². The fourth-order valence-electron chi connectivity index (χ4n) is 6.63. The number of fused-ring (bicyclic) bond motifs is 4. The van der Waals surface area contributed by atoms with Crippen LogP contribution in [0.25, 0.3) is 54.2 Å². The molecule has 8 rings (SSSR count). The molecular formula is C38H32Br2O4. The number of rotatable bonds is 7. The topological polar surface area (TPSA) is 36.9 Å². The van der Waals surface area contributed by atoms with Gasteiger partial charge in [0, 0.05) is 41.3 Å². The number of halogens is 2. The number of hydrogen-bond donors (Lipinski definition) is 0. The van der Waals surface area contributed by atoms with Gasteiger partial charge in [0.05, 0.1) is 39.6 Å². The Bertz CT molecular complexity index is 1940. The molecule has 2 heterocycles. The van der Waals surface area contributed by atoms with Crippen molar-refractivity contribution in [2.75, 3.05) is 39.6 Å². The first-order valence-electron chi connectivity index (χ1n) is 15.0. The fraction of sp³-hybridized carbons (Fsp3) is 0.263. The van der Waals surface area contributed by atoms with Crippen molar-refractivity contribution in [2.24, 2.45) is 10.8 Å². The summed E-state index contributed by atoms with van der Waals surface area (Å²) in [5, 5.41) is 8.99. The van der Waals surface area contributed by atoms with E-state index < -0.39 is 0 Å². The van der Waals surface area contributed by atoms with Crippen molar-refractivity contribution < 1.29 is 18.9 Å². The number of hydrogen-bond acceptors (Lipinski definition) is 4. The molecule has 0 radical (unpaired) electrons. The minimum absolute atomic E-state index is 0.0264. The first kappa shape index (κ1) is 28.3. The van der Waals surface area contributed by atoms with Gasteiger partial charge in [0.2, 0.25) is 0 Å². The molecule has 6 heteroatoms. The van der Waals surface area contributed by atoms with Gasteiger partial charge in [-0.15, -0.1) is 0 Å². The predicted octanol–water partition coefficient (Wildman–Crippen LogP) is 10.3. The van der Waals surface area contributed by atoms with Gasteiger partial charge in [-0.05, 0) is 69.1 Å². The lowest BCUT2D eigenvalue weighted by Gasteiger charge is -2.38. The maximum Gasteiger partial charge on any atom is 0.135 e. The van der Waals surface area contributed by atoms with E-state index in [1.54, 1.807) is 0 Å². The summed E-state index contributed by atoms with van der Waals surface area (Å²) in [6, 6.07) is 30.3. The van der Waals surface area contributed by atoms with Crippen LogP contribution in [0.5, 0.6) is 11.5 Å². The standard InChI is InChI=1S/C38H32Br2O4/c1-37(17-41-18-37)21-43-35-27-9-5-3-7-25(27)33(31-15-23(39)11-13-29(31)35)34-26-8-4-6-10-28(26)36(44-22-38(2)19-42-20-38)30-14-12-24(40)16-32(30)34/h3-16H,17-22H2,1-2H3. The molecule has 0 amide bonds. The number of benzene rings is 6. The molecule has 0 unspecified atom stereocenters. The minimum atomic E-state index is 0.0264. The van der Waals surface area contributed by atoms with E-state index in [2.05, 4.69) is 131 Å². The summed E-state index contributed by atoms with van der Waals surface area (Å²) < 4.78 is 26.6. The zero-order valence-corrected chi connectivity index (χ0v) is 27.9. The van der Waals surface area contributed by atoms with Gasteiger partial charge in [-0.2, -0.15) is 0 Å². The van der Waals surface area contributed by atoms with Crippen molar-refractivity contribution in [3.05, 3.63) is 93.9 Å². The predicted molar refractivity (Wildman–Crippen MR) is 186 cm³/mol. The Morgan fingerprint density at radius 2 is 0.886 bits per heavy atom. The van der Waals surface area contributed by atoms with Crippen LogP contribution in [0, 0.1) is 10.8 Å². The molecule has 44 heavy (non-hydrogen) atoms. The molecule has 0 aromatic heterocycles. The highest BCUT2D eigenvalue weighted by molar-refractivity contribution is 9.10. The van der Waals surface area contributed by atoms with Crippen LogP contribution in [0.2, 0.25) is 0 Å². The van der Waals surface area contributed by atoms with Crippen molar-refractivity contribution in [1.82, 2.24) is 0 Å². The van der Waals surface area contributed by atoms with Gasteiger partial charge in [-0.25, -0.2) is 0 Å². The maximum absolute atomic E-state index is 6.73. The molecule has 0 spiro atoms. The Morgan fingerprint density at radius 1 is 0.523 bits per heavy atom. The summed E-state index contributed by atoms with van der Waals surface area (Å²) in [5.74, 6) is 1.84. The Kier molecular flexibility index (Phi) is 6.91. The quantitative estimate of drug-likeness (QED) is 0.155. The molecule has 0 atom stereocenters. The normalized spacial score (nSPS) is 17.1. The molecule has 0 saturated carbocycles. The fourth-order valence-corrected chi connectivity index (χ4v) is 7.35. The minimum Gasteiger partial charge on any atom is -0.492 e. The van der Waals surface area contributed by atoms with Gasteiger partial charge in [0.25, 0.3) is 0 Å². The van der Waals surface area contributed by atoms with E-state index in [-0.39, 0.29) is 10.8 Å². The smallest absolute Gasteiger partial charge is 0.135 e. The SMILES string of the molecule is CC1(COc2c3ccccc3c(-c3c4ccccc4c(OCC4(C)COC4)c4ccc(Br)cc34)c3cc(Br)ccc23)COC1. The van der Waals surface area contributed by atoms with Crippen LogP contribution >= 0.6 is 31.9 Å². The Hall–Kier alpha value is -3.16. The van der Waals surface area contributed by atoms with Crippen molar-refractivity contribution in [1.29, 1.82) is 0 Å². The zero-order chi connectivity index (χ0) is 30.1. The highest BCUT2D eigenvalue weighted by Gasteiger charge is 2.36. The molecule has 2 fully saturated rings. The average Bonchev–Trinajstić information content (AvgIpc) is 3.00. The van der Waals surface area contributed by atoms with E-state index in [0.29, 0.717) is 13.2 Å². The zero-order valence-electron chi connectivity index (χ0n) is 24.7. The molecule has 0 bridgehead atoms. The molecule has 2 aliphatic rings. The molecule has 0 aliphatic carbocycles. The second-order valence-electron chi connectivity index (χ2n) is 13.1. The first-order valence-corrected chi connectivity index (χ1v) is 16.6. The van der Waals surface area contributed by atoms with Crippen molar-refractivity contribution in [3.63, 3.8) is 0 Å². The molecule has 2 saturated heterocycles. The van der Waals surface area contributed by atoms with Gasteiger partial charge in [0.1, 0.15) is 11.5 Å². The van der Waals surface area contributed by atoms with Crippen LogP contribution in [0.1, 0.15) is 13.8 Å². The summed E-state index contributed by atoms with van der Waals surface area (Å²) in [4.78, 5) is 0.